The molecule has 0 bridgehead atoms. The molecule has 2 amide bonds. The van der Waals surface area contributed by atoms with Gasteiger partial charge in [-0.25, -0.2) is 0 Å². The van der Waals surface area contributed by atoms with Crippen molar-refractivity contribution >= 4 is 72.7 Å². The van der Waals surface area contributed by atoms with Gasteiger partial charge in [0.15, 0.2) is 6.61 Å². The van der Waals surface area contributed by atoms with Gasteiger partial charge in [0.25, 0.3) is 11.8 Å². The first kappa shape index (κ1) is 26.5. The Labute approximate surface area is 225 Å². The van der Waals surface area contributed by atoms with Crippen molar-refractivity contribution in [2.24, 2.45) is 0 Å². The largest absolute Gasteiger partial charge is 0.482 e. The second-order valence-electron chi connectivity index (χ2n) is 7.52. The maximum atomic E-state index is 12.7. The van der Waals surface area contributed by atoms with E-state index in [1.807, 2.05) is 38.1 Å². The predicted octanol–water partition coefficient (Wildman–Crippen LogP) is 7.05. The zero-order valence-corrected chi connectivity index (χ0v) is 22.7. The van der Waals surface area contributed by atoms with E-state index in [1.165, 1.54) is 6.08 Å². The van der Waals surface area contributed by atoms with Crippen LogP contribution in [0.25, 0.3) is 6.08 Å². The molecule has 0 spiro atoms. The molecule has 3 aromatic rings. The van der Waals surface area contributed by atoms with E-state index in [9.17, 15) is 14.9 Å². The molecule has 0 aromatic heterocycles. The topological polar surface area (TPSA) is 91.2 Å². The van der Waals surface area contributed by atoms with Crippen molar-refractivity contribution in [2.45, 2.75) is 13.8 Å². The number of ether oxygens (including phenoxy) is 1. The summed E-state index contributed by atoms with van der Waals surface area (Å²) in [5.41, 5.74) is 3.48. The Morgan fingerprint density at radius 2 is 1.83 bits per heavy atom. The fourth-order valence-corrected chi connectivity index (χ4v) is 4.68. The Morgan fingerprint density at radius 3 is 2.54 bits per heavy atom. The van der Waals surface area contributed by atoms with Crippen LogP contribution in [0.4, 0.5) is 11.4 Å². The number of halogens is 3. The highest BCUT2D eigenvalue weighted by Gasteiger charge is 2.16. The van der Waals surface area contributed by atoms with Crippen LogP contribution >= 0.6 is 43.5 Å². The van der Waals surface area contributed by atoms with Crippen molar-refractivity contribution in [2.75, 3.05) is 17.2 Å². The van der Waals surface area contributed by atoms with Crippen molar-refractivity contribution in [3.05, 3.63) is 90.8 Å². The van der Waals surface area contributed by atoms with Crippen molar-refractivity contribution in [1.82, 2.24) is 0 Å². The molecule has 0 radical (unpaired) electrons. The van der Waals surface area contributed by atoms with E-state index >= 15 is 0 Å². The Bertz CT molecular complexity index is 1370. The van der Waals surface area contributed by atoms with Gasteiger partial charge < -0.3 is 15.4 Å². The molecule has 9 heteroatoms. The van der Waals surface area contributed by atoms with Crippen LogP contribution in [0.2, 0.25) is 5.02 Å². The van der Waals surface area contributed by atoms with E-state index in [2.05, 4.69) is 42.5 Å². The molecule has 0 saturated heterocycles. The summed E-state index contributed by atoms with van der Waals surface area (Å²) in [4.78, 5) is 25.2. The standard InChI is InChI=1S/C26H20Br2ClN3O3/c1-15-5-3-8-23(16(15)2)32-24(33)14-35-25-17(10-19(27)11-22(25)28)9-18(13-30)26(34)31-21-7-4-6-20(29)12-21/h3-12H,14H2,1-2H3,(H,31,34)(H,32,33)/b18-9-. The molecule has 0 saturated carbocycles. The van der Waals surface area contributed by atoms with Crippen LogP contribution < -0.4 is 15.4 Å². The Kier molecular flexibility index (Phi) is 9.10. The van der Waals surface area contributed by atoms with E-state index < -0.39 is 5.91 Å². The van der Waals surface area contributed by atoms with E-state index in [0.29, 0.717) is 36.7 Å². The first-order chi connectivity index (χ1) is 16.7. The minimum absolute atomic E-state index is 0.153. The highest BCUT2D eigenvalue weighted by atomic mass is 79.9. The number of anilines is 2. The van der Waals surface area contributed by atoms with E-state index in [0.717, 1.165) is 11.1 Å². The molecule has 0 heterocycles. The summed E-state index contributed by atoms with van der Waals surface area (Å²) in [7, 11) is 0. The van der Waals surface area contributed by atoms with Gasteiger partial charge in [0.2, 0.25) is 0 Å². The molecule has 6 nitrogen and oxygen atoms in total. The highest BCUT2D eigenvalue weighted by Crippen LogP contribution is 2.34. The van der Waals surface area contributed by atoms with E-state index in [1.54, 1.807) is 36.4 Å². The lowest BCUT2D eigenvalue weighted by molar-refractivity contribution is -0.118. The van der Waals surface area contributed by atoms with Crippen LogP contribution in [0.1, 0.15) is 16.7 Å². The zero-order chi connectivity index (χ0) is 25.5. The van der Waals surface area contributed by atoms with Crippen molar-refractivity contribution in [1.29, 1.82) is 5.26 Å². The second-order valence-corrected chi connectivity index (χ2v) is 9.73. The molecule has 0 fully saturated rings. The molecule has 2 N–H and O–H groups in total. The predicted molar refractivity (Wildman–Crippen MR) is 146 cm³/mol. The molecule has 3 aromatic carbocycles. The van der Waals surface area contributed by atoms with Gasteiger partial charge in [-0.3, -0.25) is 9.59 Å². The number of nitriles is 1. The molecule has 0 unspecified atom stereocenters. The molecule has 0 aliphatic heterocycles. The van der Waals surface area contributed by atoms with Gasteiger partial charge in [-0.15, -0.1) is 0 Å². The monoisotopic (exact) mass is 615 g/mol. The average Bonchev–Trinajstić information content (AvgIpc) is 2.79. The van der Waals surface area contributed by atoms with Gasteiger partial charge >= 0.3 is 0 Å². The molecule has 3 rings (SSSR count). The minimum atomic E-state index is -0.607. The third-order valence-electron chi connectivity index (χ3n) is 5.01. The maximum Gasteiger partial charge on any atom is 0.266 e. The van der Waals surface area contributed by atoms with Crippen LogP contribution in [0, 0.1) is 25.2 Å². The van der Waals surface area contributed by atoms with Crippen LogP contribution in [-0.2, 0) is 9.59 Å². The van der Waals surface area contributed by atoms with Crippen LogP contribution in [0.5, 0.6) is 5.75 Å². The van der Waals surface area contributed by atoms with Crippen LogP contribution in [0.3, 0.4) is 0 Å². The molecule has 0 atom stereocenters. The summed E-state index contributed by atoms with van der Waals surface area (Å²) < 4.78 is 7.04. The van der Waals surface area contributed by atoms with Crippen molar-refractivity contribution in [3.63, 3.8) is 0 Å². The number of aryl methyl sites for hydroxylation is 1. The number of carbonyl (C=O) groups excluding carboxylic acids is 2. The number of nitrogens with one attached hydrogen (secondary N) is 2. The summed E-state index contributed by atoms with van der Waals surface area (Å²) in [6, 6.07) is 17.6. The van der Waals surface area contributed by atoms with Crippen molar-refractivity contribution in [3.8, 4) is 11.8 Å². The lowest BCUT2D eigenvalue weighted by Crippen LogP contribution is -2.21. The Balaban J connectivity index is 1.81. The minimum Gasteiger partial charge on any atom is -0.482 e. The molecular formula is C26H20Br2ClN3O3. The third kappa shape index (κ3) is 7.18. The summed E-state index contributed by atoms with van der Waals surface area (Å²) >= 11 is 12.8. The van der Waals surface area contributed by atoms with Crippen LogP contribution in [-0.4, -0.2) is 18.4 Å². The number of hydrogen-bond acceptors (Lipinski definition) is 4. The fourth-order valence-electron chi connectivity index (χ4n) is 3.12. The summed E-state index contributed by atoms with van der Waals surface area (Å²) in [5, 5.41) is 15.6. The van der Waals surface area contributed by atoms with Gasteiger partial charge in [-0.2, -0.15) is 5.26 Å². The number of nitrogens with zero attached hydrogens (tertiary/aromatic N) is 1. The number of rotatable bonds is 7. The Hall–Kier alpha value is -3.12. The number of carbonyl (C=O) groups is 2. The summed E-state index contributed by atoms with van der Waals surface area (Å²) in [6.07, 6.45) is 1.40. The van der Waals surface area contributed by atoms with E-state index in [-0.39, 0.29) is 18.1 Å². The normalized spacial score (nSPS) is 10.9. The molecule has 0 aliphatic rings. The van der Waals surface area contributed by atoms with Gasteiger partial charge in [0.05, 0.1) is 4.47 Å². The highest BCUT2D eigenvalue weighted by molar-refractivity contribution is 9.11. The second kappa shape index (κ2) is 12.0. The maximum absolute atomic E-state index is 12.7. The van der Waals surface area contributed by atoms with Crippen molar-refractivity contribution < 1.29 is 14.3 Å². The number of hydrogen-bond donors (Lipinski definition) is 2. The molecular weight excluding hydrogens is 598 g/mol. The number of amides is 2. The first-order valence-electron chi connectivity index (χ1n) is 10.3. The fraction of sp³-hybridized carbons (Fsp3) is 0.115. The van der Waals surface area contributed by atoms with Gasteiger partial charge in [0, 0.05) is 26.4 Å². The molecule has 178 valence electrons. The van der Waals surface area contributed by atoms with Gasteiger partial charge in [-0.05, 0) is 83.4 Å². The third-order valence-corrected chi connectivity index (χ3v) is 6.29. The molecule has 0 aliphatic carbocycles. The van der Waals surface area contributed by atoms with Gasteiger partial charge in [0.1, 0.15) is 17.4 Å². The quantitative estimate of drug-likeness (QED) is 0.220. The van der Waals surface area contributed by atoms with E-state index in [4.69, 9.17) is 16.3 Å². The average molecular weight is 618 g/mol. The SMILES string of the molecule is Cc1cccc(NC(=O)COc2c(Br)cc(Br)cc2/C=C(/C#N)C(=O)Nc2cccc(Cl)c2)c1C. The first-order valence-corrected chi connectivity index (χ1v) is 12.3. The summed E-state index contributed by atoms with van der Waals surface area (Å²) in [6.45, 7) is 3.62. The smallest absolute Gasteiger partial charge is 0.266 e. The lowest BCUT2D eigenvalue weighted by Gasteiger charge is -2.14. The summed E-state index contributed by atoms with van der Waals surface area (Å²) in [5.74, 6) is -0.639. The molecule has 35 heavy (non-hydrogen) atoms. The lowest BCUT2D eigenvalue weighted by atomic mass is 10.1. The number of benzene rings is 3. The van der Waals surface area contributed by atoms with Crippen LogP contribution in [0.15, 0.2) is 69.1 Å². The zero-order valence-electron chi connectivity index (χ0n) is 18.8. The Morgan fingerprint density at radius 1 is 1.09 bits per heavy atom. The van der Waals surface area contributed by atoms with Gasteiger partial charge in [-0.1, -0.05) is 45.7 Å².